The lowest BCUT2D eigenvalue weighted by Gasteiger charge is -2.36. The Hall–Kier alpha value is -0.200. The molecule has 4 N–H and O–H groups in total. The lowest BCUT2D eigenvalue weighted by atomic mass is 10.0. The molecule has 66 valence electrons. The van der Waals surface area contributed by atoms with Crippen molar-refractivity contribution in [1.29, 1.82) is 0 Å². The van der Waals surface area contributed by atoms with Crippen LogP contribution in [-0.2, 0) is 4.74 Å². The third kappa shape index (κ3) is 1.52. The minimum Gasteiger partial charge on any atom is -0.388 e. The minimum atomic E-state index is -1.43. The first kappa shape index (κ1) is 8.89. The fraction of sp³-hybridized carbons (Fsp3) is 1.00. The molecule has 5 nitrogen and oxygen atoms in total. The second kappa shape index (κ2) is 3.04. The van der Waals surface area contributed by atoms with E-state index >= 15 is 0 Å². The normalized spacial score (nSPS) is 52.6. The highest BCUT2D eigenvalue weighted by molar-refractivity contribution is 4.86. The number of hydrogen-bond acceptors (Lipinski definition) is 5. The van der Waals surface area contributed by atoms with E-state index in [0.29, 0.717) is 0 Å². The van der Waals surface area contributed by atoms with Gasteiger partial charge in [0.05, 0.1) is 6.10 Å². The smallest absolute Gasteiger partial charge is 0.183 e. The van der Waals surface area contributed by atoms with Crippen molar-refractivity contribution in [1.82, 2.24) is 0 Å². The van der Waals surface area contributed by atoms with Crippen molar-refractivity contribution >= 4 is 0 Å². The summed E-state index contributed by atoms with van der Waals surface area (Å²) in [6, 6.07) is 0. The first-order chi connectivity index (χ1) is 5.04. The molecule has 1 heterocycles. The Morgan fingerprint density at radius 1 is 0.909 bits per heavy atom. The van der Waals surface area contributed by atoms with Crippen molar-refractivity contribution in [3.8, 4) is 0 Å². The van der Waals surface area contributed by atoms with E-state index in [1.807, 2.05) is 0 Å². The number of ether oxygens (including phenoxy) is 1. The molecule has 5 heteroatoms. The molecule has 11 heavy (non-hydrogen) atoms. The molecule has 1 aliphatic heterocycles. The molecule has 0 bridgehead atoms. The predicted octanol–water partition coefficient (Wildman–Crippen LogP) is -2.19. The van der Waals surface area contributed by atoms with Gasteiger partial charge in [0.25, 0.3) is 0 Å². The van der Waals surface area contributed by atoms with Gasteiger partial charge in [0.2, 0.25) is 0 Å². The van der Waals surface area contributed by atoms with Gasteiger partial charge in [0.15, 0.2) is 6.29 Å². The molecule has 0 aromatic carbocycles. The van der Waals surface area contributed by atoms with Crippen LogP contribution >= 0.6 is 0 Å². The van der Waals surface area contributed by atoms with Gasteiger partial charge < -0.3 is 25.2 Å². The van der Waals surface area contributed by atoms with Crippen molar-refractivity contribution in [3.63, 3.8) is 0 Å². The molecule has 0 spiro atoms. The Morgan fingerprint density at radius 2 is 1.45 bits per heavy atom. The second-order valence-corrected chi connectivity index (χ2v) is 2.70. The van der Waals surface area contributed by atoms with Crippen LogP contribution in [0.1, 0.15) is 6.92 Å². The third-order valence-electron chi connectivity index (χ3n) is 1.83. The second-order valence-electron chi connectivity index (χ2n) is 2.70. The molecular formula is C6H12O5. The fourth-order valence-electron chi connectivity index (χ4n) is 1.03. The SMILES string of the molecule is CC1OC(O)[C@H](O)[C@@H](O)[C@@H]1O. The molecule has 0 amide bonds. The summed E-state index contributed by atoms with van der Waals surface area (Å²) >= 11 is 0. The van der Waals surface area contributed by atoms with Crippen LogP contribution in [-0.4, -0.2) is 51.1 Å². The van der Waals surface area contributed by atoms with E-state index in [1.165, 1.54) is 6.92 Å². The van der Waals surface area contributed by atoms with Gasteiger partial charge in [0.1, 0.15) is 18.3 Å². The Bertz CT molecular complexity index is 125. The highest BCUT2D eigenvalue weighted by Crippen LogP contribution is 2.18. The summed E-state index contributed by atoms with van der Waals surface area (Å²) in [5, 5.41) is 36.0. The Balaban J connectivity index is 2.63. The summed E-state index contributed by atoms with van der Waals surface area (Å²) in [7, 11) is 0. The van der Waals surface area contributed by atoms with E-state index in [4.69, 9.17) is 20.4 Å². The number of hydrogen-bond donors (Lipinski definition) is 4. The summed E-state index contributed by atoms with van der Waals surface area (Å²) in [4.78, 5) is 0. The monoisotopic (exact) mass is 164 g/mol. The van der Waals surface area contributed by atoms with Gasteiger partial charge in [-0.05, 0) is 6.92 Å². The van der Waals surface area contributed by atoms with E-state index in [0.717, 1.165) is 0 Å². The maximum Gasteiger partial charge on any atom is 0.183 e. The Labute approximate surface area is 63.8 Å². The molecule has 0 aromatic heterocycles. The average molecular weight is 164 g/mol. The molecule has 0 aliphatic carbocycles. The summed E-state index contributed by atoms with van der Waals surface area (Å²) in [5.74, 6) is 0. The van der Waals surface area contributed by atoms with Crippen LogP contribution < -0.4 is 0 Å². The predicted molar refractivity (Wildman–Crippen MR) is 34.6 cm³/mol. The Morgan fingerprint density at radius 3 is 2.00 bits per heavy atom. The van der Waals surface area contributed by atoms with Gasteiger partial charge in [-0.25, -0.2) is 0 Å². The zero-order valence-corrected chi connectivity index (χ0v) is 6.08. The molecule has 1 aliphatic rings. The van der Waals surface area contributed by atoms with Gasteiger partial charge in [-0.3, -0.25) is 0 Å². The summed E-state index contributed by atoms with van der Waals surface area (Å²) < 4.78 is 4.68. The summed E-state index contributed by atoms with van der Waals surface area (Å²) in [6.07, 6.45) is -5.99. The lowest BCUT2D eigenvalue weighted by Crippen LogP contribution is -2.56. The summed E-state index contributed by atoms with van der Waals surface area (Å²) in [6.45, 7) is 1.50. The van der Waals surface area contributed by atoms with Gasteiger partial charge in [-0.1, -0.05) is 0 Å². The van der Waals surface area contributed by atoms with Crippen molar-refractivity contribution in [2.75, 3.05) is 0 Å². The topological polar surface area (TPSA) is 90.2 Å². The van der Waals surface area contributed by atoms with Crippen molar-refractivity contribution in [2.24, 2.45) is 0 Å². The summed E-state index contributed by atoms with van der Waals surface area (Å²) in [5.41, 5.74) is 0. The molecule has 1 saturated heterocycles. The van der Waals surface area contributed by atoms with E-state index in [2.05, 4.69) is 4.74 Å². The highest BCUT2D eigenvalue weighted by atomic mass is 16.6. The molecule has 0 aromatic rings. The van der Waals surface area contributed by atoms with Gasteiger partial charge in [-0.15, -0.1) is 0 Å². The van der Waals surface area contributed by atoms with Crippen LogP contribution in [0.4, 0.5) is 0 Å². The molecule has 2 unspecified atom stereocenters. The van der Waals surface area contributed by atoms with E-state index in [9.17, 15) is 0 Å². The van der Waals surface area contributed by atoms with Gasteiger partial charge in [0, 0.05) is 0 Å². The third-order valence-corrected chi connectivity index (χ3v) is 1.83. The molecule has 5 atom stereocenters. The quantitative estimate of drug-likeness (QED) is 0.326. The minimum absolute atomic E-state index is 0.664. The zero-order chi connectivity index (χ0) is 8.59. The molecule has 0 radical (unpaired) electrons. The van der Waals surface area contributed by atoms with E-state index in [1.54, 1.807) is 0 Å². The first-order valence-corrected chi connectivity index (χ1v) is 3.41. The van der Waals surface area contributed by atoms with Crippen LogP contribution in [0, 0.1) is 0 Å². The van der Waals surface area contributed by atoms with Crippen LogP contribution in [0.5, 0.6) is 0 Å². The van der Waals surface area contributed by atoms with Crippen LogP contribution in [0.3, 0.4) is 0 Å². The van der Waals surface area contributed by atoms with E-state index < -0.39 is 30.7 Å². The maximum atomic E-state index is 9.09. The van der Waals surface area contributed by atoms with Gasteiger partial charge >= 0.3 is 0 Å². The van der Waals surface area contributed by atoms with E-state index in [-0.39, 0.29) is 0 Å². The molecule has 0 saturated carbocycles. The zero-order valence-electron chi connectivity index (χ0n) is 6.08. The molecular weight excluding hydrogens is 152 g/mol. The highest BCUT2D eigenvalue weighted by Gasteiger charge is 2.40. The average Bonchev–Trinajstić information content (AvgIpc) is 1.97. The van der Waals surface area contributed by atoms with Gasteiger partial charge in [-0.2, -0.15) is 0 Å². The molecule has 1 fully saturated rings. The maximum absolute atomic E-state index is 9.09. The molecule has 1 rings (SSSR count). The van der Waals surface area contributed by atoms with Crippen LogP contribution in [0.2, 0.25) is 0 Å². The fourth-order valence-corrected chi connectivity index (χ4v) is 1.03. The van der Waals surface area contributed by atoms with Crippen molar-refractivity contribution in [2.45, 2.75) is 37.6 Å². The Kier molecular flexibility index (Phi) is 2.46. The number of aliphatic hydroxyl groups is 4. The largest absolute Gasteiger partial charge is 0.388 e. The van der Waals surface area contributed by atoms with Crippen molar-refractivity contribution in [3.05, 3.63) is 0 Å². The number of rotatable bonds is 0. The standard InChI is InChI=1S/C6H12O5/c1-2-3(7)4(8)5(9)6(10)11-2/h2-10H,1H3/t2?,3-,4+,5-,6?/m1/s1. The van der Waals surface area contributed by atoms with Crippen LogP contribution in [0.15, 0.2) is 0 Å². The first-order valence-electron chi connectivity index (χ1n) is 3.41. The van der Waals surface area contributed by atoms with Crippen LogP contribution in [0.25, 0.3) is 0 Å². The number of aliphatic hydroxyl groups excluding tert-OH is 4. The van der Waals surface area contributed by atoms with Crippen molar-refractivity contribution < 1.29 is 25.2 Å². The lowest BCUT2D eigenvalue weighted by molar-refractivity contribution is -0.277.